The molecule has 1 unspecified atom stereocenters. The molecule has 1 aliphatic rings. The monoisotopic (exact) mass is 350 g/mol. The second-order valence-corrected chi connectivity index (χ2v) is 6.87. The zero-order valence-electron chi connectivity index (χ0n) is 14.1. The van der Waals surface area contributed by atoms with Crippen molar-refractivity contribution in [2.45, 2.75) is 26.3 Å². The van der Waals surface area contributed by atoms with E-state index in [0.29, 0.717) is 6.42 Å². The van der Waals surface area contributed by atoms with Crippen molar-refractivity contribution >= 4 is 23.0 Å². The summed E-state index contributed by atoms with van der Waals surface area (Å²) in [5, 5.41) is 14.9. The molecule has 0 bridgehead atoms. The van der Waals surface area contributed by atoms with Crippen LogP contribution in [0.1, 0.15) is 36.2 Å². The third-order valence-corrected chi connectivity index (χ3v) is 5.09. The Bertz CT molecular complexity index is 928. The fraction of sp³-hybridized carbons (Fsp3) is 0.211. The molecule has 0 fully saturated rings. The van der Waals surface area contributed by atoms with Gasteiger partial charge < -0.3 is 0 Å². The van der Waals surface area contributed by atoms with E-state index in [1.165, 1.54) is 0 Å². The van der Waals surface area contributed by atoms with Gasteiger partial charge in [0.15, 0.2) is 0 Å². The molecule has 6 heteroatoms. The van der Waals surface area contributed by atoms with Gasteiger partial charge in [0.2, 0.25) is 5.91 Å². The number of aromatic nitrogens is 2. The highest BCUT2D eigenvalue weighted by Gasteiger charge is 2.33. The van der Waals surface area contributed by atoms with Gasteiger partial charge in [0, 0.05) is 30.7 Å². The topological polar surface area (TPSA) is 50.5 Å². The lowest BCUT2D eigenvalue weighted by atomic mass is 10.0. The predicted molar refractivity (Wildman–Crippen MR) is 99.0 cm³/mol. The standard InChI is InChI=1S/C19H18N4OS/c1-13-17(11-22(20-13)16-6-4-3-5-7-16)19-10-18(15-8-9-25-12-15)21-23(19)14(2)24/h3-9,11-12,19H,10H2,1-2H3. The van der Waals surface area contributed by atoms with Gasteiger partial charge in [0.1, 0.15) is 0 Å². The first-order valence-corrected chi connectivity index (χ1v) is 9.09. The van der Waals surface area contributed by atoms with E-state index in [-0.39, 0.29) is 11.9 Å². The summed E-state index contributed by atoms with van der Waals surface area (Å²) >= 11 is 1.64. The van der Waals surface area contributed by atoms with Crippen LogP contribution in [0.3, 0.4) is 0 Å². The molecular formula is C19H18N4OS. The normalized spacial score (nSPS) is 17.0. The average Bonchev–Trinajstić information content (AvgIpc) is 3.34. The number of aryl methyl sites for hydroxylation is 1. The Morgan fingerprint density at radius 3 is 2.72 bits per heavy atom. The maximum atomic E-state index is 12.1. The van der Waals surface area contributed by atoms with Crippen LogP contribution in [0.4, 0.5) is 0 Å². The molecule has 126 valence electrons. The number of hydrazone groups is 1. The third kappa shape index (κ3) is 2.89. The molecule has 0 radical (unpaired) electrons. The number of hydrogen-bond donors (Lipinski definition) is 0. The SMILES string of the molecule is CC(=O)N1N=C(c2ccsc2)CC1c1cn(-c2ccccc2)nc1C. The average molecular weight is 350 g/mol. The van der Waals surface area contributed by atoms with Gasteiger partial charge >= 0.3 is 0 Å². The Labute approximate surface area is 150 Å². The van der Waals surface area contributed by atoms with E-state index in [0.717, 1.165) is 28.2 Å². The Kier molecular flexibility index (Phi) is 3.97. The van der Waals surface area contributed by atoms with Gasteiger partial charge in [-0.05, 0) is 35.9 Å². The van der Waals surface area contributed by atoms with Crippen LogP contribution in [0.2, 0.25) is 0 Å². The van der Waals surface area contributed by atoms with Crippen LogP contribution in [0.15, 0.2) is 58.5 Å². The number of amides is 1. The van der Waals surface area contributed by atoms with Crippen LogP contribution in [-0.2, 0) is 4.79 Å². The van der Waals surface area contributed by atoms with Crippen molar-refractivity contribution in [3.05, 3.63) is 70.2 Å². The lowest BCUT2D eigenvalue weighted by Gasteiger charge is -2.19. The summed E-state index contributed by atoms with van der Waals surface area (Å²) in [7, 11) is 0. The summed E-state index contributed by atoms with van der Waals surface area (Å²) in [6, 6.07) is 11.9. The predicted octanol–water partition coefficient (Wildman–Crippen LogP) is 3.94. The number of para-hydroxylation sites is 1. The smallest absolute Gasteiger partial charge is 0.240 e. The molecule has 4 rings (SSSR count). The van der Waals surface area contributed by atoms with Gasteiger partial charge in [-0.1, -0.05) is 18.2 Å². The highest BCUT2D eigenvalue weighted by atomic mass is 32.1. The van der Waals surface area contributed by atoms with Crippen molar-refractivity contribution in [2.24, 2.45) is 5.10 Å². The summed E-state index contributed by atoms with van der Waals surface area (Å²) in [5.74, 6) is -0.0536. The van der Waals surface area contributed by atoms with Gasteiger partial charge in [-0.2, -0.15) is 21.5 Å². The minimum Gasteiger partial charge on any atom is -0.273 e. The lowest BCUT2D eigenvalue weighted by Crippen LogP contribution is -2.24. The van der Waals surface area contributed by atoms with Crippen LogP contribution >= 0.6 is 11.3 Å². The Balaban J connectivity index is 1.70. The summed E-state index contributed by atoms with van der Waals surface area (Å²) < 4.78 is 1.87. The molecular weight excluding hydrogens is 332 g/mol. The highest BCUT2D eigenvalue weighted by Crippen LogP contribution is 2.34. The van der Waals surface area contributed by atoms with E-state index in [2.05, 4.69) is 15.6 Å². The van der Waals surface area contributed by atoms with Gasteiger partial charge in [-0.15, -0.1) is 0 Å². The van der Waals surface area contributed by atoms with Crippen molar-refractivity contribution in [3.63, 3.8) is 0 Å². The molecule has 5 nitrogen and oxygen atoms in total. The molecule has 0 spiro atoms. The first-order chi connectivity index (χ1) is 12.1. The molecule has 25 heavy (non-hydrogen) atoms. The zero-order valence-corrected chi connectivity index (χ0v) is 14.9. The number of nitrogens with zero attached hydrogens (tertiary/aromatic N) is 4. The van der Waals surface area contributed by atoms with Crippen LogP contribution < -0.4 is 0 Å². The van der Waals surface area contributed by atoms with Crippen molar-refractivity contribution in [3.8, 4) is 5.69 Å². The molecule has 1 amide bonds. The quantitative estimate of drug-likeness (QED) is 0.718. The lowest BCUT2D eigenvalue weighted by molar-refractivity contribution is -0.130. The minimum absolute atomic E-state index is 0.0536. The maximum absolute atomic E-state index is 12.1. The fourth-order valence-corrected chi connectivity index (χ4v) is 3.82. The van der Waals surface area contributed by atoms with Crippen LogP contribution in [0.5, 0.6) is 0 Å². The van der Waals surface area contributed by atoms with Gasteiger partial charge in [0.25, 0.3) is 0 Å². The number of benzene rings is 1. The molecule has 3 aromatic rings. The second kappa shape index (κ2) is 6.29. The number of carbonyl (C=O) groups excluding carboxylic acids is 1. The van der Waals surface area contributed by atoms with Crippen molar-refractivity contribution in [1.29, 1.82) is 0 Å². The molecule has 0 saturated heterocycles. The first kappa shape index (κ1) is 15.8. The van der Waals surface area contributed by atoms with Crippen molar-refractivity contribution in [1.82, 2.24) is 14.8 Å². The van der Waals surface area contributed by atoms with Crippen LogP contribution in [-0.4, -0.2) is 26.4 Å². The van der Waals surface area contributed by atoms with Crippen molar-refractivity contribution in [2.75, 3.05) is 0 Å². The van der Waals surface area contributed by atoms with Gasteiger partial charge in [-0.25, -0.2) is 9.69 Å². The Morgan fingerprint density at radius 1 is 1.24 bits per heavy atom. The summed E-state index contributed by atoms with van der Waals surface area (Å²) in [6.07, 6.45) is 2.72. The largest absolute Gasteiger partial charge is 0.273 e. The molecule has 1 atom stereocenters. The maximum Gasteiger partial charge on any atom is 0.240 e. The molecule has 3 heterocycles. The van der Waals surface area contributed by atoms with Gasteiger partial charge in [-0.3, -0.25) is 4.79 Å². The molecule has 2 aromatic heterocycles. The van der Waals surface area contributed by atoms with E-state index in [1.807, 2.05) is 59.6 Å². The number of thiophene rings is 1. The second-order valence-electron chi connectivity index (χ2n) is 6.09. The van der Waals surface area contributed by atoms with Gasteiger partial charge in [0.05, 0.1) is 23.1 Å². The van der Waals surface area contributed by atoms with Crippen molar-refractivity contribution < 1.29 is 4.79 Å². The van der Waals surface area contributed by atoms with E-state index >= 15 is 0 Å². The number of hydrogen-bond acceptors (Lipinski definition) is 4. The molecule has 1 aliphatic heterocycles. The third-order valence-electron chi connectivity index (χ3n) is 4.40. The molecule has 1 aromatic carbocycles. The summed E-state index contributed by atoms with van der Waals surface area (Å²) in [4.78, 5) is 12.1. The van der Waals surface area contributed by atoms with E-state index in [4.69, 9.17) is 0 Å². The van der Waals surface area contributed by atoms with Crippen LogP contribution in [0, 0.1) is 6.92 Å². The van der Waals surface area contributed by atoms with E-state index in [1.54, 1.807) is 23.3 Å². The fourth-order valence-electron chi connectivity index (χ4n) is 3.16. The molecule has 0 aliphatic carbocycles. The van der Waals surface area contributed by atoms with Crippen LogP contribution in [0.25, 0.3) is 5.69 Å². The first-order valence-electron chi connectivity index (χ1n) is 8.15. The minimum atomic E-state index is -0.107. The molecule has 0 N–H and O–H groups in total. The Morgan fingerprint density at radius 2 is 2.04 bits per heavy atom. The summed E-state index contributed by atoms with van der Waals surface area (Å²) in [6.45, 7) is 3.54. The Hall–Kier alpha value is -2.73. The van der Waals surface area contributed by atoms with E-state index < -0.39 is 0 Å². The number of rotatable bonds is 3. The zero-order chi connectivity index (χ0) is 17.4. The van der Waals surface area contributed by atoms with E-state index in [9.17, 15) is 4.79 Å². The molecule has 0 saturated carbocycles. The number of carbonyl (C=O) groups is 1. The summed E-state index contributed by atoms with van der Waals surface area (Å²) in [5.41, 5.74) is 5.00. The highest BCUT2D eigenvalue weighted by molar-refractivity contribution is 7.08.